The summed E-state index contributed by atoms with van der Waals surface area (Å²) in [5.41, 5.74) is 3.27. The van der Waals surface area contributed by atoms with Crippen molar-refractivity contribution >= 4 is 9.84 Å². The third kappa shape index (κ3) is 5.34. The highest BCUT2D eigenvalue weighted by Gasteiger charge is 2.27. The molecule has 7 heteroatoms. The molecule has 0 spiro atoms. The summed E-state index contributed by atoms with van der Waals surface area (Å²) in [4.78, 5) is 10.7. The van der Waals surface area contributed by atoms with E-state index in [4.69, 9.17) is 0 Å². The minimum atomic E-state index is -3.47. The number of hydrogen-bond donors (Lipinski definition) is 0. The number of benzene rings is 1. The number of aryl methyl sites for hydroxylation is 1. The first-order valence-corrected chi connectivity index (χ1v) is 11.9. The van der Waals surface area contributed by atoms with Crippen molar-refractivity contribution in [3.8, 4) is 0 Å². The highest BCUT2D eigenvalue weighted by Crippen LogP contribution is 2.20. The summed E-state index contributed by atoms with van der Waals surface area (Å²) in [5.74, 6) is 0. The van der Waals surface area contributed by atoms with Gasteiger partial charge in [-0.1, -0.05) is 37.3 Å². The number of aromatic nitrogens is 3. The van der Waals surface area contributed by atoms with Crippen molar-refractivity contribution in [1.82, 2.24) is 19.4 Å². The van der Waals surface area contributed by atoms with E-state index in [2.05, 4.69) is 33.9 Å². The van der Waals surface area contributed by atoms with Crippen LogP contribution >= 0.6 is 0 Å². The van der Waals surface area contributed by atoms with Crippen molar-refractivity contribution in [2.45, 2.75) is 57.2 Å². The first-order chi connectivity index (χ1) is 14.4. The van der Waals surface area contributed by atoms with Crippen molar-refractivity contribution in [3.63, 3.8) is 0 Å². The average molecular weight is 427 g/mol. The van der Waals surface area contributed by atoms with Gasteiger partial charge in [-0.05, 0) is 50.1 Å². The summed E-state index contributed by atoms with van der Waals surface area (Å²) < 4.78 is 27.7. The molecule has 3 rings (SSSR count). The van der Waals surface area contributed by atoms with Crippen LogP contribution in [0, 0.1) is 0 Å². The Morgan fingerprint density at radius 3 is 2.33 bits per heavy atom. The predicted octanol–water partition coefficient (Wildman–Crippen LogP) is 3.73. The van der Waals surface area contributed by atoms with Gasteiger partial charge in [0.05, 0.1) is 17.1 Å². The lowest BCUT2D eigenvalue weighted by molar-refractivity contribution is 0.262. The summed E-state index contributed by atoms with van der Waals surface area (Å²) in [5, 5.41) is -0.342. The van der Waals surface area contributed by atoms with Gasteiger partial charge in [-0.3, -0.25) is 9.88 Å². The second-order valence-corrected chi connectivity index (χ2v) is 10.1. The summed E-state index contributed by atoms with van der Waals surface area (Å²) >= 11 is 0. The Hall–Kier alpha value is -2.51. The van der Waals surface area contributed by atoms with Gasteiger partial charge in [0.1, 0.15) is 0 Å². The maximum Gasteiger partial charge on any atom is 0.228 e. The van der Waals surface area contributed by atoms with Crippen LogP contribution in [0.4, 0.5) is 0 Å². The van der Waals surface area contributed by atoms with Gasteiger partial charge < -0.3 is 4.57 Å². The Balaban J connectivity index is 1.87. The predicted molar refractivity (Wildman–Crippen MR) is 119 cm³/mol. The number of sulfone groups is 1. The van der Waals surface area contributed by atoms with E-state index in [1.54, 1.807) is 32.4 Å². The lowest BCUT2D eigenvalue weighted by Crippen LogP contribution is -2.26. The van der Waals surface area contributed by atoms with Crippen molar-refractivity contribution < 1.29 is 8.42 Å². The molecule has 0 atom stereocenters. The Morgan fingerprint density at radius 1 is 1.00 bits per heavy atom. The lowest BCUT2D eigenvalue weighted by atomic mass is 10.1. The van der Waals surface area contributed by atoms with Crippen LogP contribution in [-0.4, -0.2) is 39.6 Å². The first-order valence-electron chi connectivity index (χ1n) is 10.3. The van der Waals surface area contributed by atoms with Crippen LogP contribution in [0.2, 0.25) is 0 Å². The van der Waals surface area contributed by atoms with Gasteiger partial charge in [-0.2, -0.15) is 0 Å². The zero-order chi connectivity index (χ0) is 21.6. The molecule has 1 aromatic carbocycles. The SMILES string of the molecule is CCN(Cc1ccncc1)Cc1cnc(S(=O)(=O)C(C)C)n1CCc1ccccc1. The van der Waals surface area contributed by atoms with E-state index in [1.165, 1.54) is 11.1 Å². The molecular formula is C23H30N4O2S. The standard InChI is InChI=1S/C23H30N4O2S/c1-4-26(17-21-10-13-24-14-11-21)18-22-16-25-23(30(28,29)19(2)3)27(22)15-12-20-8-6-5-7-9-20/h5-11,13-14,16,19H,4,12,15,17-18H2,1-3H3. The average Bonchev–Trinajstić information content (AvgIpc) is 3.16. The topological polar surface area (TPSA) is 68.1 Å². The number of rotatable bonds is 10. The van der Waals surface area contributed by atoms with Crippen molar-refractivity contribution in [3.05, 3.63) is 77.9 Å². The summed E-state index contributed by atoms with van der Waals surface area (Å²) in [6.07, 6.45) is 6.05. The zero-order valence-corrected chi connectivity index (χ0v) is 18.7. The third-order valence-corrected chi connectivity index (χ3v) is 7.31. The lowest BCUT2D eigenvalue weighted by Gasteiger charge is -2.22. The van der Waals surface area contributed by atoms with Gasteiger partial charge in [0.25, 0.3) is 0 Å². The van der Waals surface area contributed by atoms with Crippen LogP contribution in [0.25, 0.3) is 0 Å². The molecule has 30 heavy (non-hydrogen) atoms. The molecular weight excluding hydrogens is 396 g/mol. The van der Waals surface area contributed by atoms with Crippen molar-refractivity contribution in [2.24, 2.45) is 0 Å². The fourth-order valence-electron chi connectivity index (χ4n) is 3.34. The number of imidazole rings is 1. The van der Waals surface area contributed by atoms with Crippen LogP contribution in [-0.2, 0) is 35.9 Å². The van der Waals surface area contributed by atoms with E-state index < -0.39 is 15.1 Å². The molecule has 2 heterocycles. The molecule has 0 amide bonds. The highest BCUT2D eigenvalue weighted by molar-refractivity contribution is 7.91. The number of pyridine rings is 1. The van der Waals surface area contributed by atoms with Crippen LogP contribution in [0.1, 0.15) is 37.6 Å². The molecule has 0 aliphatic carbocycles. The molecule has 0 unspecified atom stereocenters. The second-order valence-electron chi connectivity index (χ2n) is 7.67. The molecule has 0 N–H and O–H groups in total. The Labute approximate surface area is 179 Å². The van der Waals surface area contributed by atoms with E-state index >= 15 is 0 Å². The minimum absolute atomic E-state index is 0.170. The molecule has 2 aromatic heterocycles. The Kier molecular flexibility index (Phi) is 7.39. The summed E-state index contributed by atoms with van der Waals surface area (Å²) in [7, 11) is -3.47. The molecule has 0 aliphatic rings. The highest BCUT2D eigenvalue weighted by atomic mass is 32.2. The van der Waals surface area contributed by atoms with E-state index in [1.807, 2.05) is 34.9 Å². The van der Waals surface area contributed by atoms with E-state index in [9.17, 15) is 8.42 Å². The Morgan fingerprint density at radius 2 is 1.70 bits per heavy atom. The molecule has 0 bridgehead atoms. The number of nitrogens with zero attached hydrogens (tertiary/aromatic N) is 4. The van der Waals surface area contributed by atoms with Gasteiger partial charge in [-0.15, -0.1) is 0 Å². The molecule has 6 nitrogen and oxygen atoms in total. The molecule has 160 valence electrons. The van der Waals surface area contributed by atoms with Gasteiger partial charge >= 0.3 is 0 Å². The maximum atomic E-state index is 12.9. The Bertz CT molecular complexity index is 1030. The molecule has 0 saturated heterocycles. The largest absolute Gasteiger partial charge is 0.317 e. The summed E-state index contributed by atoms with van der Waals surface area (Å²) in [6.45, 7) is 8.34. The van der Waals surface area contributed by atoms with Crippen LogP contribution in [0.3, 0.4) is 0 Å². The molecule has 0 radical (unpaired) electrons. The van der Waals surface area contributed by atoms with Crippen LogP contribution in [0.15, 0.2) is 66.2 Å². The first kappa shape index (κ1) is 22.2. The summed E-state index contributed by atoms with van der Waals surface area (Å²) in [6, 6.07) is 14.1. The smallest absolute Gasteiger partial charge is 0.228 e. The van der Waals surface area contributed by atoms with E-state index in [0.29, 0.717) is 13.1 Å². The molecule has 0 saturated carbocycles. The van der Waals surface area contributed by atoms with Gasteiger partial charge in [0.15, 0.2) is 0 Å². The van der Waals surface area contributed by atoms with Crippen LogP contribution in [0.5, 0.6) is 0 Å². The third-order valence-electron chi connectivity index (χ3n) is 5.23. The van der Waals surface area contributed by atoms with E-state index in [0.717, 1.165) is 25.2 Å². The maximum absolute atomic E-state index is 12.9. The molecule has 0 fully saturated rings. The zero-order valence-electron chi connectivity index (χ0n) is 17.9. The van der Waals surface area contributed by atoms with Crippen molar-refractivity contribution in [2.75, 3.05) is 6.54 Å². The van der Waals surface area contributed by atoms with E-state index in [-0.39, 0.29) is 5.16 Å². The second kappa shape index (κ2) is 10.00. The molecule has 0 aliphatic heterocycles. The van der Waals surface area contributed by atoms with Gasteiger partial charge in [-0.25, -0.2) is 13.4 Å². The fourth-order valence-corrected chi connectivity index (χ4v) is 4.47. The van der Waals surface area contributed by atoms with Crippen molar-refractivity contribution in [1.29, 1.82) is 0 Å². The molecule has 3 aromatic rings. The number of hydrogen-bond acceptors (Lipinski definition) is 5. The monoisotopic (exact) mass is 426 g/mol. The normalized spacial score (nSPS) is 12.0. The van der Waals surface area contributed by atoms with Crippen LogP contribution < -0.4 is 0 Å². The van der Waals surface area contributed by atoms with Gasteiger partial charge in [0.2, 0.25) is 15.0 Å². The van der Waals surface area contributed by atoms with Gasteiger partial charge in [0, 0.05) is 32.0 Å². The fraction of sp³-hybridized carbons (Fsp3) is 0.391. The minimum Gasteiger partial charge on any atom is -0.317 e. The quantitative estimate of drug-likeness (QED) is 0.494.